The second-order valence-corrected chi connectivity index (χ2v) is 7.90. The van der Waals surface area contributed by atoms with Gasteiger partial charge in [0.25, 0.3) is 0 Å². The number of aromatic nitrogens is 1. The summed E-state index contributed by atoms with van der Waals surface area (Å²) in [5.41, 5.74) is 3.34. The van der Waals surface area contributed by atoms with Gasteiger partial charge in [0.15, 0.2) is 0 Å². The fraction of sp³-hybridized carbons (Fsp3) is 0.375. The Hall–Kier alpha value is -2.62. The van der Waals surface area contributed by atoms with E-state index in [4.69, 9.17) is 0 Å². The number of H-pyrrole nitrogens is 1. The minimum atomic E-state index is -0.230. The molecule has 1 N–H and O–H groups in total. The van der Waals surface area contributed by atoms with E-state index in [9.17, 15) is 9.18 Å². The summed E-state index contributed by atoms with van der Waals surface area (Å²) in [6.07, 6.45) is 7.51. The zero-order chi connectivity index (χ0) is 19.3. The molecular formula is C24H27FN2O. The first-order valence-electron chi connectivity index (χ1n) is 10.3. The summed E-state index contributed by atoms with van der Waals surface area (Å²) in [5, 5.41) is 1.05. The molecule has 1 aliphatic heterocycles. The van der Waals surface area contributed by atoms with Crippen LogP contribution >= 0.6 is 0 Å². The molecular weight excluding hydrogens is 351 g/mol. The number of aromatic amines is 1. The molecule has 2 aromatic carbocycles. The molecule has 1 aliphatic rings. The average Bonchev–Trinajstić information content (AvgIpc) is 3.11. The van der Waals surface area contributed by atoms with Gasteiger partial charge in [-0.25, -0.2) is 4.39 Å². The number of benzene rings is 2. The van der Waals surface area contributed by atoms with Gasteiger partial charge >= 0.3 is 0 Å². The number of aryl methyl sites for hydroxylation is 1. The Morgan fingerprint density at radius 2 is 2.04 bits per heavy atom. The highest BCUT2D eigenvalue weighted by Gasteiger charge is 2.23. The smallest absolute Gasteiger partial charge is 0.222 e. The van der Waals surface area contributed by atoms with Crippen molar-refractivity contribution in [3.63, 3.8) is 0 Å². The van der Waals surface area contributed by atoms with E-state index in [1.807, 2.05) is 18.3 Å². The number of likely N-dealkylation sites (tertiary alicyclic amines) is 1. The second kappa shape index (κ2) is 8.59. The van der Waals surface area contributed by atoms with Crippen molar-refractivity contribution < 1.29 is 9.18 Å². The lowest BCUT2D eigenvalue weighted by Gasteiger charge is -2.33. The number of nitrogens with zero attached hydrogens (tertiary/aromatic N) is 1. The summed E-state index contributed by atoms with van der Waals surface area (Å²) >= 11 is 0. The van der Waals surface area contributed by atoms with E-state index in [0.29, 0.717) is 12.3 Å². The van der Waals surface area contributed by atoms with Crippen LogP contribution in [0.4, 0.5) is 4.39 Å². The number of fused-ring (bicyclic) bond motifs is 1. The fourth-order valence-electron chi connectivity index (χ4n) is 4.36. The van der Waals surface area contributed by atoms with Crippen molar-refractivity contribution in [2.75, 3.05) is 13.1 Å². The SMILES string of the molecule is O=C(CCCc1c[nH]c2cc(F)ccc12)N1CCCC(Cc2ccccc2)C1. The highest BCUT2D eigenvalue weighted by atomic mass is 19.1. The summed E-state index contributed by atoms with van der Waals surface area (Å²) < 4.78 is 13.3. The Morgan fingerprint density at radius 3 is 2.89 bits per heavy atom. The highest BCUT2D eigenvalue weighted by Crippen LogP contribution is 2.23. The molecule has 0 aliphatic carbocycles. The lowest BCUT2D eigenvalue weighted by Crippen LogP contribution is -2.40. The van der Waals surface area contributed by atoms with Gasteiger partial charge in [0.05, 0.1) is 0 Å². The number of hydrogen-bond donors (Lipinski definition) is 1. The molecule has 1 unspecified atom stereocenters. The maximum atomic E-state index is 13.3. The number of hydrogen-bond acceptors (Lipinski definition) is 1. The van der Waals surface area contributed by atoms with Crippen molar-refractivity contribution in [1.29, 1.82) is 0 Å². The molecule has 1 amide bonds. The molecule has 3 nitrogen and oxygen atoms in total. The first-order chi connectivity index (χ1) is 13.7. The van der Waals surface area contributed by atoms with Crippen LogP contribution in [0, 0.1) is 11.7 Å². The van der Waals surface area contributed by atoms with E-state index in [2.05, 4.69) is 34.1 Å². The topological polar surface area (TPSA) is 36.1 Å². The molecule has 4 rings (SSSR count). The van der Waals surface area contributed by atoms with Gasteiger partial charge in [-0.05, 0) is 67.3 Å². The van der Waals surface area contributed by atoms with Crippen LogP contribution in [0.1, 0.15) is 36.8 Å². The van der Waals surface area contributed by atoms with Crippen molar-refractivity contribution in [1.82, 2.24) is 9.88 Å². The third kappa shape index (κ3) is 4.44. The Balaban J connectivity index is 1.28. The molecule has 4 heteroatoms. The maximum absolute atomic E-state index is 13.3. The van der Waals surface area contributed by atoms with Gasteiger partial charge in [-0.1, -0.05) is 30.3 Å². The molecule has 1 atom stereocenters. The molecule has 0 spiro atoms. The van der Waals surface area contributed by atoms with Crippen LogP contribution in [0.3, 0.4) is 0 Å². The number of nitrogens with one attached hydrogen (secondary N) is 1. The van der Waals surface area contributed by atoms with E-state index in [1.54, 1.807) is 0 Å². The van der Waals surface area contributed by atoms with Gasteiger partial charge in [-0.3, -0.25) is 4.79 Å². The Kier molecular flexibility index (Phi) is 5.75. The van der Waals surface area contributed by atoms with Gasteiger partial charge in [0.1, 0.15) is 5.82 Å². The molecule has 28 heavy (non-hydrogen) atoms. The summed E-state index contributed by atoms with van der Waals surface area (Å²) in [5.74, 6) is 0.596. The van der Waals surface area contributed by atoms with Crippen LogP contribution in [0.15, 0.2) is 54.7 Å². The van der Waals surface area contributed by atoms with Crippen molar-refractivity contribution in [3.05, 3.63) is 71.7 Å². The summed E-state index contributed by atoms with van der Waals surface area (Å²) in [4.78, 5) is 17.9. The molecule has 0 radical (unpaired) electrons. The summed E-state index contributed by atoms with van der Waals surface area (Å²) in [7, 11) is 0. The lowest BCUT2D eigenvalue weighted by atomic mass is 9.91. The molecule has 2 heterocycles. The van der Waals surface area contributed by atoms with E-state index in [0.717, 1.165) is 55.2 Å². The Bertz CT molecular complexity index is 934. The number of piperidine rings is 1. The van der Waals surface area contributed by atoms with Crippen LogP contribution in [0.5, 0.6) is 0 Å². The van der Waals surface area contributed by atoms with E-state index in [1.165, 1.54) is 24.1 Å². The third-order valence-corrected chi connectivity index (χ3v) is 5.81. The Morgan fingerprint density at radius 1 is 1.18 bits per heavy atom. The van der Waals surface area contributed by atoms with Gasteiger partial charge in [-0.2, -0.15) is 0 Å². The lowest BCUT2D eigenvalue weighted by molar-refractivity contribution is -0.133. The van der Waals surface area contributed by atoms with Crippen LogP contribution in [0.25, 0.3) is 10.9 Å². The molecule has 1 fully saturated rings. The zero-order valence-corrected chi connectivity index (χ0v) is 16.2. The molecule has 3 aromatic rings. The zero-order valence-electron chi connectivity index (χ0n) is 16.2. The van der Waals surface area contributed by atoms with Gasteiger partial charge in [0.2, 0.25) is 5.91 Å². The summed E-state index contributed by atoms with van der Waals surface area (Å²) in [6.45, 7) is 1.76. The number of carbonyl (C=O) groups excluding carboxylic acids is 1. The van der Waals surface area contributed by atoms with Gasteiger partial charge < -0.3 is 9.88 Å². The minimum absolute atomic E-state index is 0.230. The normalized spacial score (nSPS) is 17.2. The fourth-order valence-corrected chi connectivity index (χ4v) is 4.36. The number of carbonyl (C=O) groups is 1. The van der Waals surface area contributed by atoms with E-state index in [-0.39, 0.29) is 11.7 Å². The third-order valence-electron chi connectivity index (χ3n) is 5.81. The predicted molar refractivity (Wildman–Crippen MR) is 111 cm³/mol. The van der Waals surface area contributed by atoms with E-state index < -0.39 is 0 Å². The van der Waals surface area contributed by atoms with Crippen molar-refractivity contribution in [3.8, 4) is 0 Å². The first kappa shape index (κ1) is 18.7. The van der Waals surface area contributed by atoms with Crippen molar-refractivity contribution >= 4 is 16.8 Å². The molecule has 0 saturated carbocycles. The Labute approximate surface area is 165 Å². The molecule has 146 valence electrons. The number of amides is 1. The monoisotopic (exact) mass is 378 g/mol. The largest absolute Gasteiger partial charge is 0.361 e. The predicted octanol–water partition coefficient (Wildman–Crippen LogP) is 5.11. The van der Waals surface area contributed by atoms with Crippen LogP contribution in [-0.4, -0.2) is 28.9 Å². The number of rotatable bonds is 6. The van der Waals surface area contributed by atoms with Gasteiger partial charge in [0, 0.05) is 36.6 Å². The van der Waals surface area contributed by atoms with Crippen LogP contribution < -0.4 is 0 Å². The van der Waals surface area contributed by atoms with Crippen molar-refractivity contribution in [2.24, 2.45) is 5.92 Å². The molecule has 1 saturated heterocycles. The number of halogens is 1. The standard InChI is InChI=1S/C24H27FN2O/c25-21-11-12-22-20(16-26-23(22)15-21)9-4-10-24(28)27-13-5-8-19(17-27)14-18-6-2-1-3-7-18/h1-3,6-7,11-12,15-16,19,26H,4-5,8-10,13-14,17H2. The van der Waals surface area contributed by atoms with E-state index >= 15 is 0 Å². The van der Waals surface area contributed by atoms with Gasteiger partial charge in [-0.15, -0.1) is 0 Å². The highest BCUT2D eigenvalue weighted by molar-refractivity contribution is 5.83. The van der Waals surface area contributed by atoms with Crippen molar-refractivity contribution in [2.45, 2.75) is 38.5 Å². The minimum Gasteiger partial charge on any atom is -0.361 e. The van der Waals surface area contributed by atoms with Crippen LogP contribution in [0.2, 0.25) is 0 Å². The van der Waals surface area contributed by atoms with Crippen LogP contribution in [-0.2, 0) is 17.6 Å². The molecule has 0 bridgehead atoms. The second-order valence-electron chi connectivity index (χ2n) is 7.90. The average molecular weight is 378 g/mol. The first-order valence-corrected chi connectivity index (χ1v) is 10.3. The summed E-state index contributed by atoms with van der Waals surface area (Å²) in [6, 6.07) is 15.4. The maximum Gasteiger partial charge on any atom is 0.222 e. The molecule has 1 aromatic heterocycles. The quantitative estimate of drug-likeness (QED) is 0.636.